The number of ether oxygens (including phenoxy) is 1. The first-order valence-electron chi connectivity index (χ1n) is 5.31. The Labute approximate surface area is 103 Å². The number of hydrogen-bond donors (Lipinski definition) is 2. The highest BCUT2D eigenvalue weighted by Gasteiger charge is 2.40. The van der Waals surface area contributed by atoms with Gasteiger partial charge in [0, 0.05) is 13.1 Å². The molecule has 16 heavy (non-hydrogen) atoms. The van der Waals surface area contributed by atoms with Gasteiger partial charge in [-0.2, -0.15) is 5.10 Å². The van der Waals surface area contributed by atoms with E-state index in [0.29, 0.717) is 6.61 Å². The molecule has 6 heteroatoms. The smallest absolute Gasteiger partial charge is 0.128 e. The summed E-state index contributed by atoms with van der Waals surface area (Å²) < 4.78 is 6.61. The summed E-state index contributed by atoms with van der Waals surface area (Å²) in [7, 11) is 2.06. The molecule has 1 aromatic rings. The predicted molar refractivity (Wildman–Crippen MR) is 63.1 cm³/mol. The molecule has 2 N–H and O–H groups in total. The number of aliphatic hydroxyl groups excluding tert-OH is 1. The number of hydrogen-bond acceptors (Lipinski definition) is 4. The molecule has 2 rings (SSSR count). The Morgan fingerprint density at radius 3 is 3.06 bits per heavy atom. The Hall–Kier alpha value is -0.430. The van der Waals surface area contributed by atoms with Crippen LogP contribution in [0.2, 0.25) is 0 Å². The topological polar surface area (TPSA) is 61.4 Å². The van der Waals surface area contributed by atoms with Gasteiger partial charge in [-0.1, -0.05) is 0 Å². The summed E-state index contributed by atoms with van der Waals surface area (Å²) in [5, 5.41) is 15.9. The molecular weight excluding hydrogens is 274 g/mol. The minimum Gasteiger partial charge on any atom is -0.394 e. The zero-order chi connectivity index (χ0) is 11.6. The normalized spacial score (nSPS) is 26.4. The number of aromatic amines is 1. The Morgan fingerprint density at radius 1 is 1.75 bits per heavy atom. The van der Waals surface area contributed by atoms with Gasteiger partial charge in [-0.3, -0.25) is 5.10 Å². The lowest BCUT2D eigenvalue weighted by molar-refractivity contribution is -0.0571. The summed E-state index contributed by atoms with van der Waals surface area (Å²) in [5.41, 5.74) is 0.619. The molecule has 0 aromatic carbocycles. The number of likely N-dealkylation sites (tertiary alicyclic amines) is 1. The van der Waals surface area contributed by atoms with Gasteiger partial charge in [0.1, 0.15) is 10.2 Å². The van der Waals surface area contributed by atoms with Crippen LogP contribution in [-0.2, 0) is 10.3 Å². The third-order valence-corrected chi connectivity index (χ3v) is 3.34. The maximum Gasteiger partial charge on any atom is 0.128 e. The summed E-state index contributed by atoms with van der Waals surface area (Å²) in [6, 6.07) is 1.94. The Bertz CT molecular complexity index is 358. The minimum absolute atomic E-state index is 0.0424. The van der Waals surface area contributed by atoms with E-state index in [-0.39, 0.29) is 12.2 Å². The largest absolute Gasteiger partial charge is 0.394 e. The van der Waals surface area contributed by atoms with Crippen LogP contribution in [0.1, 0.15) is 12.1 Å². The molecule has 0 bridgehead atoms. The third-order valence-electron chi connectivity index (χ3n) is 2.93. The van der Waals surface area contributed by atoms with Crippen LogP contribution in [0.3, 0.4) is 0 Å². The highest BCUT2D eigenvalue weighted by atomic mass is 79.9. The second-order valence-electron chi connectivity index (χ2n) is 4.16. The number of aromatic nitrogens is 2. The monoisotopic (exact) mass is 289 g/mol. The van der Waals surface area contributed by atoms with Gasteiger partial charge < -0.3 is 14.7 Å². The quantitative estimate of drug-likeness (QED) is 0.857. The lowest BCUT2D eigenvalue weighted by Gasteiger charge is -2.27. The molecule has 0 amide bonds. The average Bonchev–Trinajstić information content (AvgIpc) is 2.83. The van der Waals surface area contributed by atoms with Crippen molar-refractivity contribution in [2.75, 3.05) is 33.4 Å². The number of H-pyrrole nitrogens is 1. The van der Waals surface area contributed by atoms with E-state index in [4.69, 9.17) is 9.84 Å². The summed E-state index contributed by atoms with van der Waals surface area (Å²) in [4.78, 5) is 2.21. The van der Waals surface area contributed by atoms with Gasteiger partial charge in [-0.05, 0) is 35.5 Å². The Kier molecular flexibility index (Phi) is 3.63. The minimum atomic E-state index is -0.351. The molecule has 1 aliphatic rings. The molecule has 1 saturated heterocycles. The molecule has 90 valence electrons. The molecule has 1 atom stereocenters. The number of nitrogens with one attached hydrogen (secondary N) is 1. The highest BCUT2D eigenvalue weighted by molar-refractivity contribution is 9.10. The molecule has 0 saturated carbocycles. The van der Waals surface area contributed by atoms with Crippen molar-refractivity contribution in [2.45, 2.75) is 12.0 Å². The van der Waals surface area contributed by atoms with E-state index in [0.717, 1.165) is 29.8 Å². The maximum atomic E-state index is 8.89. The fourth-order valence-corrected chi connectivity index (χ4v) is 2.47. The first kappa shape index (κ1) is 12.0. The van der Waals surface area contributed by atoms with Gasteiger partial charge in [-0.15, -0.1) is 0 Å². The molecule has 2 heterocycles. The Morgan fingerprint density at radius 2 is 2.56 bits per heavy atom. The van der Waals surface area contributed by atoms with E-state index in [2.05, 4.69) is 38.1 Å². The Balaban J connectivity index is 2.20. The van der Waals surface area contributed by atoms with Crippen molar-refractivity contribution in [1.29, 1.82) is 0 Å². The second-order valence-corrected chi connectivity index (χ2v) is 4.97. The molecule has 0 aliphatic carbocycles. The lowest BCUT2D eigenvalue weighted by atomic mass is 9.99. The van der Waals surface area contributed by atoms with Gasteiger partial charge in [0.2, 0.25) is 0 Å². The fourth-order valence-electron chi connectivity index (χ4n) is 2.15. The van der Waals surface area contributed by atoms with E-state index in [9.17, 15) is 0 Å². The van der Waals surface area contributed by atoms with Crippen molar-refractivity contribution >= 4 is 15.9 Å². The second kappa shape index (κ2) is 4.83. The lowest BCUT2D eigenvalue weighted by Crippen LogP contribution is -2.34. The highest BCUT2D eigenvalue weighted by Crippen LogP contribution is 2.34. The average molecular weight is 290 g/mol. The van der Waals surface area contributed by atoms with Crippen molar-refractivity contribution in [1.82, 2.24) is 15.1 Å². The van der Waals surface area contributed by atoms with Gasteiger partial charge in [0.15, 0.2) is 0 Å². The number of nitrogens with zero attached hydrogens (tertiary/aromatic N) is 2. The fraction of sp³-hybridized carbons (Fsp3) is 0.700. The standard InChI is InChI=1S/C10H16BrN3O2/c1-14-3-2-10(7-14,16-5-4-15)8-6-9(11)13-12-8/h6,15H,2-5,7H2,1H3,(H,12,13). The first-order valence-corrected chi connectivity index (χ1v) is 6.10. The SMILES string of the molecule is CN1CCC(OCCO)(c2cc(Br)n[nH]2)C1. The van der Waals surface area contributed by atoms with Crippen molar-refractivity contribution in [3.8, 4) is 0 Å². The first-order chi connectivity index (χ1) is 7.66. The van der Waals surface area contributed by atoms with Gasteiger partial charge in [0.05, 0.1) is 18.9 Å². The van der Waals surface area contributed by atoms with Crippen LogP contribution in [0.4, 0.5) is 0 Å². The van der Waals surface area contributed by atoms with E-state index >= 15 is 0 Å². The zero-order valence-corrected chi connectivity index (χ0v) is 10.8. The van der Waals surface area contributed by atoms with E-state index in [1.54, 1.807) is 0 Å². The number of likely N-dealkylation sites (N-methyl/N-ethyl adjacent to an activating group) is 1. The van der Waals surface area contributed by atoms with E-state index in [1.807, 2.05) is 6.07 Å². The molecule has 1 aromatic heterocycles. The van der Waals surface area contributed by atoms with Gasteiger partial charge in [-0.25, -0.2) is 0 Å². The van der Waals surface area contributed by atoms with Crippen LogP contribution in [0.25, 0.3) is 0 Å². The molecule has 1 unspecified atom stereocenters. The zero-order valence-electron chi connectivity index (χ0n) is 9.24. The maximum absolute atomic E-state index is 8.89. The summed E-state index contributed by atoms with van der Waals surface area (Å²) in [6.45, 7) is 2.20. The molecule has 1 aliphatic heterocycles. The van der Waals surface area contributed by atoms with Crippen LogP contribution >= 0.6 is 15.9 Å². The number of halogens is 1. The molecular formula is C10H16BrN3O2. The molecule has 0 spiro atoms. The van der Waals surface area contributed by atoms with Gasteiger partial charge in [0.25, 0.3) is 0 Å². The van der Waals surface area contributed by atoms with Crippen LogP contribution in [0.5, 0.6) is 0 Å². The van der Waals surface area contributed by atoms with Crippen LogP contribution in [0, 0.1) is 0 Å². The van der Waals surface area contributed by atoms with Crippen molar-refractivity contribution in [3.63, 3.8) is 0 Å². The summed E-state index contributed by atoms with van der Waals surface area (Å²) in [6.07, 6.45) is 0.915. The predicted octanol–water partition coefficient (Wildman–Crippen LogP) is 0.712. The van der Waals surface area contributed by atoms with Crippen molar-refractivity contribution in [3.05, 3.63) is 16.4 Å². The number of rotatable bonds is 4. The van der Waals surface area contributed by atoms with Crippen LogP contribution < -0.4 is 0 Å². The van der Waals surface area contributed by atoms with Crippen molar-refractivity contribution in [2.24, 2.45) is 0 Å². The van der Waals surface area contributed by atoms with Gasteiger partial charge >= 0.3 is 0 Å². The molecule has 0 radical (unpaired) electrons. The third kappa shape index (κ3) is 2.29. The molecule has 5 nitrogen and oxygen atoms in total. The summed E-state index contributed by atoms with van der Waals surface area (Å²) >= 11 is 3.33. The van der Waals surface area contributed by atoms with Crippen molar-refractivity contribution < 1.29 is 9.84 Å². The van der Waals surface area contributed by atoms with Crippen LogP contribution in [0.15, 0.2) is 10.7 Å². The molecule has 1 fully saturated rings. The van der Waals surface area contributed by atoms with E-state index in [1.165, 1.54) is 0 Å². The van der Waals surface area contributed by atoms with Crippen LogP contribution in [-0.4, -0.2) is 53.6 Å². The number of aliphatic hydroxyl groups is 1. The van der Waals surface area contributed by atoms with E-state index < -0.39 is 0 Å². The summed E-state index contributed by atoms with van der Waals surface area (Å²) in [5.74, 6) is 0.